The van der Waals surface area contributed by atoms with Gasteiger partial charge in [-0.25, -0.2) is 4.79 Å². The lowest BCUT2D eigenvalue weighted by molar-refractivity contribution is -0.125. The third kappa shape index (κ3) is 6.74. The van der Waals surface area contributed by atoms with E-state index < -0.39 is 0 Å². The van der Waals surface area contributed by atoms with Crippen molar-refractivity contribution in [1.29, 1.82) is 0 Å². The molecule has 0 aliphatic heterocycles. The zero-order valence-electron chi connectivity index (χ0n) is 15.3. The predicted molar refractivity (Wildman–Crippen MR) is 99.1 cm³/mol. The van der Waals surface area contributed by atoms with Gasteiger partial charge in [0.1, 0.15) is 0 Å². The molecule has 1 aliphatic rings. The van der Waals surface area contributed by atoms with E-state index in [-0.39, 0.29) is 23.9 Å². The fourth-order valence-electron chi connectivity index (χ4n) is 3.27. The van der Waals surface area contributed by atoms with Crippen LogP contribution >= 0.6 is 0 Å². The lowest BCUT2D eigenvalue weighted by Crippen LogP contribution is -2.46. The fourth-order valence-corrected chi connectivity index (χ4v) is 3.27. The van der Waals surface area contributed by atoms with Crippen LogP contribution < -0.4 is 16.0 Å². The normalized spacial score (nSPS) is 20.1. The Morgan fingerprint density at radius 1 is 1.12 bits per heavy atom. The zero-order valence-corrected chi connectivity index (χ0v) is 15.3. The van der Waals surface area contributed by atoms with Gasteiger partial charge in [0.15, 0.2) is 0 Å². The molecule has 1 fully saturated rings. The van der Waals surface area contributed by atoms with Crippen LogP contribution in [0.15, 0.2) is 30.3 Å². The van der Waals surface area contributed by atoms with Gasteiger partial charge in [0.2, 0.25) is 5.91 Å². The lowest BCUT2D eigenvalue weighted by Gasteiger charge is -2.28. The van der Waals surface area contributed by atoms with Crippen LogP contribution in [0.2, 0.25) is 0 Å². The molecule has 0 heterocycles. The van der Waals surface area contributed by atoms with E-state index in [9.17, 15) is 9.59 Å². The number of rotatable bonds is 7. The molecular formula is C19H30N4O2. The maximum absolute atomic E-state index is 12.0. The van der Waals surface area contributed by atoms with E-state index in [0.29, 0.717) is 6.54 Å². The van der Waals surface area contributed by atoms with Crippen LogP contribution in [-0.2, 0) is 11.3 Å². The van der Waals surface area contributed by atoms with Gasteiger partial charge in [-0.05, 0) is 38.3 Å². The van der Waals surface area contributed by atoms with Crippen molar-refractivity contribution < 1.29 is 9.59 Å². The number of carbonyl (C=O) groups excluding carboxylic acids is 2. The molecule has 0 bridgehead atoms. The number of carbonyl (C=O) groups is 2. The Morgan fingerprint density at radius 3 is 2.44 bits per heavy atom. The molecule has 6 heteroatoms. The van der Waals surface area contributed by atoms with Gasteiger partial charge in [-0.15, -0.1) is 0 Å². The minimum absolute atomic E-state index is 0.0951. The Bertz CT molecular complexity index is 542. The number of nitrogens with one attached hydrogen (secondary N) is 3. The van der Waals surface area contributed by atoms with Gasteiger partial charge in [0, 0.05) is 38.6 Å². The first kappa shape index (κ1) is 19.2. The van der Waals surface area contributed by atoms with Crippen molar-refractivity contribution >= 4 is 11.9 Å². The average Bonchev–Trinajstić information content (AvgIpc) is 2.62. The van der Waals surface area contributed by atoms with Crippen LogP contribution in [-0.4, -0.2) is 50.1 Å². The van der Waals surface area contributed by atoms with Crippen molar-refractivity contribution in [2.45, 2.75) is 38.3 Å². The largest absolute Gasteiger partial charge is 0.359 e. The second kappa shape index (κ2) is 10.0. The Morgan fingerprint density at radius 2 is 1.80 bits per heavy atom. The summed E-state index contributed by atoms with van der Waals surface area (Å²) in [7, 11) is 3.72. The fraction of sp³-hybridized carbons (Fsp3) is 0.579. The third-order valence-electron chi connectivity index (χ3n) is 4.75. The molecule has 2 rings (SSSR count). The van der Waals surface area contributed by atoms with Crippen molar-refractivity contribution in [3.63, 3.8) is 0 Å². The summed E-state index contributed by atoms with van der Waals surface area (Å²) in [6.07, 6.45) is 3.40. The second-order valence-corrected chi connectivity index (χ2v) is 6.79. The van der Waals surface area contributed by atoms with Crippen LogP contribution in [0.25, 0.3) is 0 Å². The quantitative estimate of drug-likeness (QED) is 0.704. The van der Waals surface area contributed by atoms with Crippen LogP contribution in [0, 0.1) is 5.92 Å². The molecule has 1 aromatic rings. The summed E-state index contributed by atoms with van der Waals surface area (Å²) in [5.74, 6) is 0.210. The smallest absolute Gasteiger partial charge is 0.315 e. The highest BCUT2D eigenvalue weighted by Gasteiger charge is 2.26. The predicted octanol–water partition coefficient (Wildman–Crippen LogP) is 1.72. The van der Waals surface area contributed by atoms with E-state index in [2.05, 4.69) is 33.0 Å². The molecule has 0 aromatic heterocycles. The molecule has 138 valence electrons. The molecule has 6 nitrogen and oxygen atoms in total. The van der Waals surface area contributed by atoms with Gasteiger partial charge in [0.25, 0.3) is 0 Å². The Hall–Kier alpha value is -2.08. The van der Waals surface area contributed by atoms with E-state index in [1.165, 1.54) is 5.56 Å². The maximum Gasteiger partial charge on any atom is 0.315 e. The summed E-state index contributed by atoms with van der Waals surface area (Å²) in [5, 5.41) is 8.64. The summed E-state index contributed by atoms with van der Waals surface area (Å²) in [4.78, 5) is 25.8. The summed E-state index contributed by atoms with van der Waals surface area (Å²) in [5.41, 5.74) is 1.27. The molecule has 1 saturated carbocycles. The minimum Gasteiger partial charge on any atom is -0.359 e. The molecule has 0 atom stereocenters. The second-order valence-electron chi connectivity index (χ2n) is 6.79. The van der Waals surface area contributed by atoms with Crippen LogP contribution in [0.5, 0.6) is 0 Å². The highest BCUT2D eigenvalue weighted by Crippen LogP contribution is 2.24. The van der Waals surface area contributed by atoms with Gasteiger partial charge in [-0.1, -0.05) is 30.3 Å². The van der Waals surface area contributed by atoms with Crippen molar-refractivity contribution in [3.05, 3.63) is 35.9 Å². The van der Waals surface area contributed by atoms with E-state index in [1.807, 2.05) is 25.2 Å². The van der Waals surface area contributed by atoms with E-state index in [1.54, 1.807) is 7.05 Å². The van der Waals surface area contributed by atoms with E-state index in [0.717, 1.165) is 38.8 Å². The number of amides is 3. The van der Waals surface area contributed by atoms with E-state index in [4.69, 9.17) is 0 Å². The molecule has 3 N–H and O–H groups in total. The molecular weight excluding hydrogens is 316 g/mol. The highest BCUT2D eigenvalue weighted by atomic mass is 16.2. The van der Waals surface area contributed by atoms with Crippen LogP contribution in [0.1, 0.15) is 31.2 Å². The van der Waals surface area contributed by atoms with Crippen molar-refractivity contribution in [2.24, 2.45) is 5.92 Å². The number of nitrogens with zero attached hydrogens (tertiary/aromatic N) is 1. The Kier molecular flexibility index (Phi) is 7.73. The molecule has 1 aromatic carbocycles. The SMILES string of the molecule is CNC(=O)C1CCC(NC(=O)NCCN(C)Cc2ccccc2)CC1. The van der Waals surface area contributed by atoms with Crippen molar-refractivity contribution in [2.75, 3.05) is 27.2 Å². The molecule has 1 aliphatic carbocycles. The molecule has 0 saturated heterocycles. The maximum atomic E-state index is 12.0. The number of hydrogen-bond donors (Lipinski definition) is 3. The standard InChI is InChI=1S/C19H30N4O2/c1-20-18(24)16-8-10-17(11-9-16)22-19(25)21-12-13-23(2)14-15-6-4-3-5-7-15/h3-7,16-17H,8-14H2,1-2H3,(H,20,24)(H2,21,22,25). The molecule has 25 heavy (non-hydrogen) atoms. The molecule has 0 unspecified atom stereocenters. The summed E-state index contributed by atoms with van der Waals surface area (Å²) >= 11 is 0. The first-order valence-electron chi connectivity index (χ1n) is 9.07. The first-order chi connectivity index (χ1) is 12.1. The van der Waals surface area contributed by atoms with Crippen LogP contribution in [0.3, 0.4) is 0 Å². The van der Waals surface area contributed by atoms with Gasteiger partial charge in [-0.3, -0.25) is 4.79 Å². The zero-order chi connectivity index (χ0) is 18.1. The van der Waals surface area contributed by atoms with Gasteiger partial charge >= 0.3 is 6.03 Å². The summed E-state index contributed by atoms with van der Waals surface area (Å²) in [6, 6.07) is 10.3. The van der Waals surface area contributed by atoms with E-state index >= 15 is 0 Å². The van der Waals surface area contributed by atoms with Crippen molar-refractivity contribution in [1.82, 2.24) is 20.9 Å². The minimum atomic E-state index is -0.114. The average molecular weight is 346 g/mol. The topological polar surface area (TPSA) is 73.5 Å². The van der Waals surface area contributed by atoms with Gasteiger partial charge < -0.3 is 20.9 Å². The Balaban J connectivity index is 1.59. The molecule has 3 amide bonds. The number of benzene rings is 1. The van der Waals surface area contributed by atoms with Gasteiger partial charge in [0.05, 0.1) is 0 Å². The number of hydrogen-bond acceptors (Lipinski definition) is 3. The summed E-state index contributed by atoms with van der Waals surface area (Å²) < 4.78 is 0. The third-order valence-corrected chi connectivity index (χ3v) is 4.75. The molecule has 0 spiro atoms. The van der Waals surface area contributed by atoms with Gasteiger partial charge in [-0.2, -0.15) is 0 Å². The Labute approximate surface area is 150 Å². The first-order valence-corrected chi connectivity index (χ1v) is 9.07. The lowest BCUT2D eigenvalue weighted by atomic mass is 9.85. The highest BCUT2D eigenvalue weighted by molar-refractivity contribution is 5.78. The number of likely N-dealkylation sites (N-methyl/N-ethyl adjacent to an activating group) is 1. The number of urea groups is 1. The van der Waals surface area contributed by atoms with Crippen molar-refractivity contribution in [3.8, 4) is 0 Å². The monoisotopic (exact) mass is 346 g/mol. The van der Waals surface area contributed by atoms with Crippen LogP contribution in [0.4, 0.5) is 4.79 Å². The summed E-state index contributed by atoms with van der Waals surface area (Å²) in [6.45, 7) is 2.28. The molecule has 0 radical (unpaired) electrons.